The predicted octanol–water partition coefficient (Wildman–Crippen LogP) is 5.05. The zero-order valence-corrected chi connectivity index (χ0v) is 17.3. The molecule has 1 aromatic heterocycles. The van der Waals surface area contributed by atoms with Gasteiger partial charge in [0, 0.05) is 28.4 Å². The first kappa shape index (κ1) is 19.6. The number of ether oxygens (including phenoxy) is 3. The third kappa shape index (κ3) is 3.39. The zero-order valence-electron chi connectivity index (χ0n) is 17.3. The van der Waals surface area contributed by atoms with Crippen molar-refractivity contribution in [2.45, 2.75) is 6.54 Å². The van der Waals surface area contributed by atoms with Gasteiger partial charge < -0.3 is 18.8 Å². The number of esters is 1. The smallest absolute Gasteiger partial charge is 0.337 e. The average Bonchev–Trinajstić information content (AvgIpc) is 3.10. The van der Waals surface area contributed by atoms with Crippen molar-refractivity contribution < 1.29 is 19.0 Å². The standard InChI is InChI=1S/C25H23NO4/c1-16(25(27)30-4)18-7-5-17(6-8-18)15-26-23-11-9-19(28-2)13-21(23)22-14-20(29-3)10-12-24(22)26/h5-14H,1,15H2,2-4H3. The van der Waals surface area contributed by atoms with Crippen LogP contribution < -0.4 is 9.47 Å². The van der Waals surface area contributed by atoms with Crippen LogP contribution in [0.15, 0.2) is 67.2 Å². The number of hydrogen-bond acceptors (Lipinski definition) is 4. The van der Waals surface area contributed by atoms with Gasteiger partial charge in [-0.25, -0.2) is 4.79 Å². The van der Waals surface area contributed by atoms with Gasteiger partial charge in [-0.3, -0.25) is 0 Å². The third-order valence-corrected chi connectivity index (χ3v) is 5.35. The summed E-state index contributed by atoms with van der Waals surface area (Å²) in [4.78, 5) is 11.7. The Morgan fingerprint density at radius 3 is 1.83 bits per heavy atom. The molecule has 0 aliphatic rings. The van der Waals surface area contributed by atoms with E-state index in [2.05, 4.69) is 35.4 Å². The molecule has 3 aromatic carbocycles. The van der Waals surface area contributed by atoms with Gasteiger partial charge in [-0.05, 0) is 47.5 Å². The van der Waals surface area contributed by atoms with E-state index < -0.39 is 5.97 Å². The Labute approximate surface area is 175 Å². The van der Waals surface area contributed by atoms with E-state index in [0.29, 0.717) is 12.1 Å². The van der Waals surface area contributed by atoms with Crippen LogP contribution in [0.25, 0.3) is 27.4 Å². The van der Waals surface area contributed by atoms with E-state index in [1.54, 1.807) is 14.2 Å². The summed E-state index contributed by atoms with van der Waals surface area (Å²) in [6.07, 6.45) is 0. The van der Waals surface area contributed by atoms with Gasteiger partial charge in [0.1, 0.15) is 11.5 Å². The number of methoxy groups -OCH3 is 3. The number of carbonyl (C=O) groups is 1. The SMILES string of the molecule is C=C(C(=O)OC)c1ccc(Cn2c3ccc(OC)cc3c3cc(OC)ccc32)cc1. The molecule has 0 aliphatic carbocycles. The van der Waals surface area contributed by atoms with E-state index in [1.807, 2.05) is 36.4 Å². The molecular weight excluding hydrogens is 378 g/mol. The lowest BCUT2D eigenvalue weighted by atomic mass is 10.1. The fraction of sp³-hybridized carbons (Fsp3) is 0.160. The van der Waals surface area contributed by atoms with Gasteiger partial charge in [-0.15, -0.1) is 0 Å². The van der Waals surface area contributed by atoms with Crippen LogP contribution >= 0.6 is 0 Å². The predicted molar refractivity (Wildman–Crippen MR) is 119 cm³/mol. The first-order valence-electron chi connectivity index (χ1n) is 9.56. The summed E-state index contributed by atoms with van der Waals surface area (Å²) in [7, 11) is 4.70. The number of benzene rings is 3. The van der Waals surface area contributed by atoms with Crippen molar-refractivity contribution in [1.82, 2.24) is 4.57 Å². The topological polar surface area (TPSA) is 49.7 Å². The number of carbonyl (C=O) groups excluding carboxylic acids is 1. The molecule has 0 radical (unpaired) electrons. The molecule has 0 saturated heterocycles. The molecule has 0 saturated carbocycles. The van der Waals surface area contributed by atoms with Crippen LogP contribution in [0, 0.1) is 0 Å². The lowest BCUT2D eigenvalue weighted by Gasteiger charge is -2.10. The van der Waals surface area contributed by atoms with Gasteiger partial charge in [0.2, 0.25) is 0 Å². The van der Waals surface area contributed by atoms with E-state index in [4.69, 9.17) is 14.2 Å². The van der Waals surface area contributed by atoms with Crippen molar-refractivity contribution in [2.24, 2.45) is 0 Å². The Morgan fingerprint density at radius 2 is 1.37 bits per heavy atom. The summed E-state index contributed by atoms with van der Waals surface area (Å²) in [5.41, 5.74) is 4.44. The molecule has 0 bridgehead atoms. The van der Waals surface area contributed by atoms with Crippen LogP contribution in [-0.4, -0.2) is 31.9 Å². The molecule has 30 heavy (non-hydrogen) atoms. The molecule has 1 heterocycles. The summed E-state index contributed by atoms with van der Waals surface area (Å²) in [5, 5.41) is 2.22. The molecule has 0 aliphatic heterocycles. The second-order valence-electron chi connectivity index (χ2n) is 7.02. The second kappa shape index (κ2) is 7.95. The van der Waals surface area contributed by atoms with Gasteiger partial charge in [0.05, 0.1) is 26.9 Å². The van der Waals surface area contributed by atoms with Crippen LogP contribution in [0.4, 0.5) is 0 Å². The lowest BCUT2D eigenvalue weighted by Crippen LogP contribution is -2.03. The van der Waals surface area contributed by atoms with Crippen molar-refractivity contribution in [3.8, 4) is 11.5 Å². The molecule has 0 fully saturated rings. The van der Waals surface area contributed by atoms with Gasteiger partial charge in [0.25, 0.3) is 0 Å². The summed E-state index contributed by atoms with van der Waals surface area (Å²) in [6.45, 7) is 4.50. The largest absolute Gasteiger partial charge is 0.497 e. The maximum atomic E-state index is 11.7. The van der Waals surface area contributed by atoms with Crippen LogP contribution in [0.3, 0.4) is 0 Å². The molecule has 0 amide bonds. The van der Waals surface area contributed by atoms with E-state index in [0.717, 1.165) is 44.4 Å². The summed E-state index contributed by atoms with van der Waals surface area (Å²) in [6, 6.07) is 20.0. The van der Waals surface area contributed by atoms with E-state index >= 15 is 0 Å². The summed E-state index contributed by atoms with van der Waals surface area (Å²) >= 11 is 0. The average molecular weight is 401 g/mol. The fourth-order valence-corrected chi connectivity index (χ4v) is 3.72. The monoisotopic (exact) mass is 401 g/mol. The van der Waals surface area contributed by atoms with Gasteiger partial charge in [-0.2, -0.15) is 0 Å². The summed E-state index contributed by atoms with van der Waals surface area (Å²) in [5.74, 6) is 1.21. The third-order valence-electron chi connectivity index (χ3n) is 5.35. The highest BCUT2D eigenvalue weighted by molar-refractivity contribution is 6.15. The van der Waals surface area contributed by atoms with Crippen molar-refractivity contribution >= 4 is 33.3 Å². The minimum Gasteiger partial charge on any atom is -0.497 e. The van der Waals surface area contributed by atoms with Crippen LogP contribution in [0.2, 0.25) is 0 Å². The fourth-order valence-electron chi connectivity index (χ4n) is 3.72. The normalized spacial score (nSPS) is 10.9. The highest BCUT2D eigenvalue weighted by Gasteiger charge is 2.14. The number of fused-ring (bicyclic) bond motifs is 3. The molecule has 152 valence electrons. The Morgan fingerprint density at radius 1 is 0.833 bits per heavy atom. The van der Waals surface area contributed by atoms with E-state index in [9.17, 15) is 4.79 Å². The maximum absolute atomic E-state index is 11.7. The van der Waals surface area contributed by atoms with E-state index in [1.165, 1.54) is 7.11 Å². The first-order chi connectivity index (χ1) is 14.5. The molecule has 0 N–H and O–H groups in total. The molecule has 0 spiro atoms. The van der Waals surface area contributed by atoms with Crippen molar-refractivity contribution in [2.75, 3.05) is 21.3 Å². The Bertz CT molecular complexity index is 1190. The van der Waals surface area contributed by atoms with E-state index in [-0.39, 0.29) is 0 Å². The Balaban J connectivity index is 1.78. The minimum atomic E-state index is -0.423. The molecule has 4 aromatic rings. The summed E-state index contributed by atoms with van der Waals surface area (Å²) < 4.78 is 17.9. The molecular formula is C25H23NO4. The van der Waals surface area contributed by atoms with Crippen LogP contribution in [0.5, 0.6) is 11.5 Å². The second-order valence-corrected chi connectivity index (χ2v) is 7.02. The Kier molecular flexibility index (Phi) is 5.19. The molecule has 4 rings (SSSR count). The Hall–Kier alpha value is -3.73. The van der Waals surface area contributed by atoms with Gasteiger partial charge in [-0.1, -0.05) is 30.8 Å². The molecule has 0 unspecified atom stereocenters. The lowest BCUT2D eigenvalue weighted by molar-refractivity contribution is -0.133. The molecule has 5 nitrogen and oxygen atoms in total. The van der Waals surface area contributed by atoms with Crippen molar-refractivity contribution in [3.63, 3.8) is 0 Å². The van der Waals surface area contributed by atoms with Crippen LogP contribution in [0.1, 0.15) is 11.1 Å². The number of rotatable bonds is 6. The maximum Gasteiger partial charge on any atom is 0.337 e. The van der Waals surface area contributed by atoms with Crippen molar-refractivity contribution in [3.05, 3.63) is 78.4 Å². The first-order valence-corrected chi connectivity index (χ1v) is 9.56. The van der Waals surface area contributed by atoms with Crippen LogP contribution in [-0.2, 0) is 16.1 Å². The number of hydrogen-bond donors (Lipinski definition) is 0. The van der Waals surface area contributed by atoms with Crippen molar-refractivity contribution in [1.29, 1.82) is 0 Å². The minimum absolute atomic E-state index is 0.347. The zero-order chi connectivity index (χ0) is 21.3. The number of nitrogens with zero attached hydrogens (tertiary/aromatic N) is 1. The highest BCUT2D eigenvalue weighted by Crippen LogP contribution is 2.34. The quantitative estimate of drug-likeness (QED) is 0.335. The highest BCUT2D eigenvalue weighted by atomic mass is 16.5. The molecule has 5 heteroatoms. The van der Waals surface area contributed by atoms with Gasteiger partial charge >= 0.3 is 5.97 Å². The van der Waals surface area contributed by atoms with Gasteiger partial charge in [0.15, 0.2) is 0 Å². The number of aromatic nitrogens is 1. The molecule has 0 atom stereocenters.